The third-order valence-corrected chi connectivity index (χ3v) is 3.51. The number of carbonyl (C=O) groups is 1. The molecule has 0 saturated heterocycles. The molecule has 0 aliphatic rings. The molecule has 1 aromatic rings. The SMILES string of the molecule is CC=C(C)C.Cc1ccccc1S(=O)(=O)OC(N)=O. The van der Waals surface area contributed by atoms with Crippen LogP contribution in [0.3, 0.4) is 0 Å². The summed E-state index contributed by atoms with van der Waals surface area (Å²) in [7, 11) is -4.06. The summed E-state index contributed by atoms with van der Waals surface area (Å²) in [5, 5.41) is 0. The summed E-state index contributed by atoms with van der Waals surface area (Å²) < 4.78 is 26.7. The maximum atomic E-state index is 11.3. The summed E-state index contributed by atoms with van der Waals surface area (Å²) in [5.41, 5.74) is 6.50. The predicted molar refractivity (Wildman–Crippen MR) is 74.1 cm³/mol. The van der Waals surface area contributed by atoms with Crippen molar-refractivity contribution >= 4 is 16.2 Å². The number of nitrogens with two attached hydrogens (primary N) is 1. The highest BCUT2D eigenvalue weighted by Gasteiger charge is 2.19. The quantitative estimate of drug-likeness (QED) is 0.668. The van der Waals surface area contributed by atoms with E-state index < -0.39 is 16.2 Å². The van der Waals surface area contributed by atoms with Crippen molar-refractivity contribution in [2.45, 2.75) is 32.6 Å². The number of hydrogen-bond donors (Lipinski definition) is 1. The summed E-state index contributed by atoms with van der Waals surface area (Å²) in [6.45, 7) is 7.80. The molecule has 2 N–H and O–H groups in total. The fourth-order valence-corrected chi connectivity index (χ4v) is 2.00. The first-order valence-corrected chi connectivity index (χ1v) is 7.00. The minimum absolute atomic E-state index is 0.0567. The van der Waals surface area contributed by atoms with Crippen LogP contribution in [0.2, 0.25) is 0 Å². The van der Waals surface area contributed by atoms with E-state index in [1.807, 2.05) is 6.92 Å². The van der Waals surface area contributed by atoms with E-state index in [1.165, 1.54) is 17.7 Å². The maximum Gasteiger partial charge on any atom is 0.420 e. The number of carbonyl (C=O) groups excluding carboxylic acids is 1. The summed E-state index contributed by atoms with van der Waals surface area (Å²) in [6.07, 6.45) is 0.744. The zero-order valence-electron chi connectivity index (χ0n) is 11.5. The Kier molecular flexibility index (Phi) is 6.85. The van der Waals surface area contributed by atoms with Gasteiger partial charge in [0.25, 0.3) is 0 Å². The van der Waals surface area contributed by atoms with Gasteiger partial charge in [0.2, 0.25) is 0 Å². The van der Waals surface area contributed by atoms with Gasteiger partial charge in [-0.3, -0.25) is 0 Å². The van der Waals surface area contributed by atoms with E-state index in [-0.39, 0.29) is 4.90 Å². The highest BCUT2D eigenvalue weighted by atomic mass is 32.2. The molecule has 0 aliphatic carbocycles. The zero-order valence-corrected chi connectivity index (χ0v) is 12.3. The van der Waals surface area contributed by atoms with Crippen molar-refractivity contribution in [3.8, 4) is 0 Å². The van der Waals surface area contributed by atoms with Crippen LogP contribution >= 0.6 is 0 Å². The van der Waals surface area contributed by atoms with Gasteiger partial charge in [0.15, 0.2) is 0 Å². The molecule has 0 radical (unpaired) electrons. The Bertz CT molecular complexity index is 558. The van der Waals surface area contributed by atoms with E-state index in [9.17, 15) is 13.2 Å². The third kappa shape index (κ3) is 6.61. The monoisotopic (exact) mass is 285 g/mol. The second kappa shape index (κ2) is 7.58. The van der Waals surface area contributed by atoms with Crippen LogP contribution in [0.1, 0.15) is 26.3 Å². The first-order chi connectivity index (χ1) is 8.70. The smallest absolute Gasteiger partial charge is 0.334 e. The lowest BCUT2D eigenvalue weighted by atomic mass is 10.2. The summed E-state index contributed by atoms with van der Waals surface area (Å²) in [5.74, 6) is 0. The molecule has 106 valence electrons. The molecule has 19 heavy (non-hydrogen) atoms. The molecular formula is C13H19NO4S. The number of benzene rings is 1. The van der Waals surface area contributed by atoms with Crippen LogP contribution < -0.4 is 5.73 Å². The number of hydrogen-bond acceptors (Lipinski definition) is 4. The molecular weight excluding hydrogens is 266 g/mol. The van der Waals surface area contributed by atoms with Gasteiger partial charge in [-0.25, -0.2) is 4.79 Å². The van der Waals surface area contributed by atoms with Gasteiger partial charge in [0, 0.05) is 0 Å². The average Bonchev–Trinajstić information content (AvgIpc) is 2.28. The van der Waals surface area contributed by atoms with Gasteiger partial charge in [0.1, 0.15) is 4.90 Å². The van der Waals surface area contributed by atoms with E-state index in [0.29, 0.717) is 5.56 Å². The topological polar surface area (TPSA) is 86.5 Å². The molecule has 0 aromatic heterocycles. The number of primary amides is 1. The highest BCUT2D eigenvalue weighted by molar-refractivity contribution is 7.87. The van der Waals surface area contributed by atoms with Gasteiger partial charge in [0.05, 0.1) is 0 Å². The molecule has 0 unspecified atom stereocenters. The molecule has 5 nitrogen and oxygen atoms in total. The van der Waals surface area contributed by atoms with Crippen LogP contribution in [-0.4, -0.2) is 14.5 Å². The molecule has 0 saturated carbocycles. The Labute approximate surface area is 114 Å². The predicted octanol–water partition coefficient (Wildman–Crippen LogP) is 2.75. The van der Waals surface area contributed by atoms with Gasteiger partial charge < -0.3 is 9.92 Å². The molecule has 1 aromatic carbocycles. The van der Waals surface area contributed by atoms with Gasteiger partial charge in [-0.1, -0.05) is 29.8 Å². The molecule has 0 heterocycles. The lowest BCUT2D eigenvalue weighted by molar-refractivity contribution is 0.212. The van der Waals surface area contributed by atoms with Crippen molar-refractivity contribution in [2.24, 2.45) is 5.73 Å². The van der Waals surface area contributed by atoms with Gasteiger partial charge >= 0.3 is 16.2 Å². The van der Waals surface area contributed by atoms with Crippen LogP contribution in [0.4, 0.5) is 4.79 Å². The largest absolute Gasteiger partial charge is 0.420 e. The van der Waals surface area contributed by atoms with Crippen molar-refractivity contribution in [1.82, 2.24) is 0 Å². The summed E-state index contributed by atoms with van der Waals surface area (Å²) in [6, 6.07) is 6.15. The fourth-order valence-electron chi connectivity index (χ4n) is 0.990. The van der Waals surface area contributed by atoms with Crippen LogP contribution in [0, 0.1) is 6.92 Å². The molecule has 0 fully saturated rings. The van der Waals surface area contributed by atoms with Crippen LogP contribution in [0.5, 0.6) is 0 Å². The third-order valence-electron chi connectivity index (χ3n) is 2.13. The molecule has 0 aliphatic heterocycles. The van der Waals surface area contributed by atoms with Gasteiger partial charge in [-0.2, -0.15) is 8.42 Å². The van der Waals surface area contributed by atoms with Crippen LogP contribution in [-0.2, 0) is 14.3 Å². The van der Waals surface area contributed by atoms with Crippen molar-refractivity contribution in [1.29, 1.82) is 0 Å². The fraction of sp³-hybridized carbons (Fsp3) is 0.308. The summed E-state index contributed by atoms with van der Waals surface area (Å²) >= 11 is 0. The second-order valence-electron chi connectivity index (χ2n) is 3.99. The van der Waals surface area contributed by atoms with E-state index >= 15 is 0 Å². The summed E-state index contributed by atoms with van der Waals surface area (Å²) in [4.78, 5) is 10.3. The number of rotatable bonds is 2. The highest BCUT2D eigenvalue weighted by Crippen LogP contribution is 2.16. The van der Waals surface area contributed by atoms with Crippen molar-refractivity contribution in [3.05, 3.63) is 41.5 Å². The van der Waals surface area contributed by atoms with Crippen molar-refractivity contribution in [3.63, 3.8) is 0 Å². The van der Waals surface area contributed by atoms with Crippen molar-refractivity contribution < 1.29 is 17.4 Å². The second-order valence-corrected chi connectivity index (χ2v) is 5.50. The maximum absolute atomic E-state index is 11.3. The molecule has 6 heteroatoms. The Hall–Kier alpha value is -1.82. The Morgan fingerprint density at radius 1 is 1.26 bits per heavy atom. The van der Waals surface area contributed by atoms with Crippen LogP contribution in [0.15, 0.2) is 40.8 Å². The van der Waals surface area contributed by atoms with Gasteiger partial charge in [-0.05, 0) is 39.3 Å². The average molecular weight is 285 g/mol. The lowest BCUT2D eigenvalue weighted by Gasteiger charge is -2.05. The Morgan fingerprint density at radius 2 is 1.74 bits per heavy atom. The molecule has 0 atom stereocenters. The Balaban J connectivity index is 0.000000555. The van der Waals surface area contributed by atoms with Gasteiger partial charge in [-0.15, -0.1) is 0 Å². The molecule has 0 spiro atoms. The first kappa shape index (κ1) is 17.2. The first-order valence-electron chi connectivity index (χ1n) is 5.59. The van der Waals surface area contributed by atoms with E-state index in [4.69, 9.17) is 0 Å². The van der Waals surface area contributed by atoms with E-state index in [2.05, 4.69) is 29.8 Å². The normalized spacial score (nSPS) is 9.89. The standard InChI is InChI=1S/C8H9NO4S.C5H10/c1-6-4-2-3-5-7(6)14(11,12)13-8(9)10;1-4-5(2)3/h2-5H,1H3,(H2,9,10);4H,1-3H3. The van der Waals surface area contributed by atoms with E-state index in [1.54, 1.807) is 19.1 Å². The number of aryl methyl sites for hydroxylation is 1. The minimum Gasteiger partial charge on any atom is -0.334 e. The Morgan fingerprint density at radius 3 is 2.11 bits per heavy atom. The lowest BCUT2D eigenvalue weighted by Crippen LogP contribution is -2.19. The van der Waals surface area contributed by atoms with Crippen LogP contribution in [0.25, 0.3) is 0 Å². The van der Waals surface area contributed by atoms with Crippen molar-refractivity contribution in [2.75, 3.05) is 0 Å². The molecule has 1 amide bonds. The number of allylic oxidation sites excluding steroid dienone is 2. The minimum atomic E-state index is -4.06. The number of amides is 1. The molecule has 1 rings (SSSR count). The zero-order chi connectivity index (χ0) is 15.1. The van der Waals surface area contributed by atoms with E-state index in [0.717, 1.165) is 0 Å². The molecule has 0 bridgehead atoms.